The molecule has 1 heterocycles. The highest BCUT2D eigenvalue weighted by molar-refractivity contribution is 4.99. The molecule has 0 amide bonds. The molecule has 5 aliphatic rings. The minimum absolute atomic E-state index is 0.589. The molecular weight excluding hydrogens is 236 g/mol. The number of rotatable bonds is 3. The Bertz CT molecular complexity index is 305. The van der Waals surface area contributed by atoms with Crippen LogP contribution < -0.4 is 5.32 Å². The molecule has 1 saturated heterocycles. The van der Waals surface area contributed by atoms with Crippen LogP contribution in [-0.4, -0.2) is 50.3 Å². The molecular formula is C16H28N2O. The Labute approximate surface area is 117 Å². The predicted octanol–water partition coefficient (Wildman–Crippen LogP) is 1.73. The van der Waals surface area contributed by atoms with E-state index in [9.17, 15) is 0 Å². The van der Waals surface area contributed by atoms with E-state index in [4.69, 9.17) is 4.74 Å². The van der Waals surface area contributed by atoms with Crippen molar-refractivity contribution in [1.82, 2.24) is 10.2 Å². The summed E-state index contributed by atoms with van der Waals surface area (Å²) < 4.78 is 6.45. The quantitative estimate of drug-likeness (QED) is 0.840. The van der Waals surface area contributed by atoms with E-state index in [0.29, 0.717) is 12.1 Å². The molecule has 1 aliphatic heterocycles. The SMILES string of the molecule is CN1CCNCC1COC1C2CC3CC(C2)CC1C3. The van der Waals surface area contributed by atoms with Gasteiger partial charge in [0.1, 0.15) is 0 Å². The number of hydrogen-bond acceptors (Lipinski definition) is 3. The molecule has 0 aromatic carbocycles. The fourth-order valence-electron chi connectivity index (χ4n) is 5.42. The molecule has 1 atom stereocenters. The first-order chi connectivity index (χ1) is 9.29. The normalized spacial score (nSPS) is 49.7. The Hall–Kier alpha value is -0.120. The summed E-state index contributed by atoms with van der Waals surface area (Å²) in [4.78, 5) is 2.46. The van der Waals surface area contributed by atoms with Gasteiger partial charge in [-0.3, -0.25) is 4.90 Å². The molecule has 0 aromatic heterocycles. The van der Waals surface area contributed by atoms with Gasteiger partial charge < -0.3 is 10.1 Å². The molecule has 0 radical (unpaired) electrons. The van der Waals surface area contributed by atoms with Crippen LogP contribution >= 0.6 is 0 Å². The van der Waals surface area contributed by atoms with Crippen LogP contribution in [0.4, 0.5) is 0 Å². The van der Waals surface area contributed by atoms with Crippen LogP contribution in [0.1, 0.15) is 32.1 Å². The lowest BCUT2D eigenvalue weighted by Crippen LogP contribution is -2.54. The van der Waals surface area contributed by atoms with Crippen LogP contribution in [0.15, 0.2) is 0 Å². The number of likely N-dealkylation sites (N-methyl/N-ethyl adjacent to an activating group) is 1. The van der Waals surface area contributed by atoms with Crippen LogP contribution in [0.25, 0.3) is 0 Å². The lowest BCUT2D eigenvalue weighted by atomic mass is 9.55. The second-order valence-corrected chi connectivity index (χ2v) is 7.57. The number of nitrogens with zero attached hydrogens (tertiary/aromatic N) is 1. The topological polar surface area (TPSA) is 24.5 Å². The molecule has 108 valence electrons. The Morgan fingerprint density at radius 2 is 1.74 bits per heavy atom. The number of nitrogens with one attached hydrogen (secondary N) is 1. The fourth-order valence-corrected chi connectivity index (χ4v) is 5.42. The van der Waals surface area contributed by atoms with E-state index in [1.54, 1.807) is 0 Å². The second-order valence-electron chi connectivity index (χ2n) is 7.57. The number of hydrogen-bond donors (Lipinski definition) is 1. The Balaban J connectivity index is 1.35. The molecule has 1 N–H and O–H groups in total. The first-order valence-electron chi connectivity index (χ1n) is 8.32. The molecule has 3 heteroatoms. The van der Waals surface area contributed by atoms with E-state index in [1.807, 2.05) is 0 Å². The van der Waals surface area contributed by atoms with E-state index < -0.39 is 0 Å². The molecule has 5 rings (SSSR count). The van der Waals surface area contributed by atoms with Crippen LogP contribution in [0.2, 0.25) is 0 Å². The molecule has 3 nitrogen and oxygen atoms in total. The predicted molar refractivity (Wildman–Crippen MR) is 76.1 cm³/mol. The van der Waals surface area contributed by atoms with E-state index in [2.05, 4.69) is 17.3 Å². The summed E-state index contributed by atoms with van der Waals surface area (Å²) in [7, 11) is 2.24. The average Bonchev–Trinajstić information content (AvgIpc) is 2.39. The highest BCUT2D eigenvalue weighted by atomic mass is 16.5. The van der Waals surface area contributed by atoms with Gasteiger partial charge in [-0.2, -0.15) is 0 Å². The Kier molecular flexibility index (Phi) is 3.33. The van der Waals surface area contributed by atoms with Gasteiger partial charge in [-0.25, -0.2) is 0 Å². The first-order valence-corrected chi connectivity index (χ1v) is 8.32. The van der Waals surface area contributed by atoms with Crippen LogP contribution in [-0.2, 0) is 4.74 Å². The molecule has 0 spiro atoms. The van der Waals surface area contributed by atoms with Gasteiger partial charge in [0.05, 0.1) is 12.7 Å². The third kappa shape index (κ3) is 2.34. The van der Waals surface area contributed by atoms with E-state index in [1.165, 1.54) is 32.1 Å². The molecule has 4 saturated carbocycles. The van der Waals surface area contributed by atoms with Crippen molar-refractivity contribution in [2.24, 2.45) is 23.7 Å². The standard InChI is InChI=1S/C16H28N2O/c1-18-3-2-17-9-15(18)10-19-16-13-5-11-4-12(7-13)8-14(16)6-11/h11-17H,2-10H2,1H3. The maximum Gasteiger partial charge on any atom is 0.0638 e. The van der Waals surface area contributed by atoms with Gasteiger partial charge in [0, 0.05) is 25.7 Å². The summed E-state index contributed by atoms with van der Waals surface area (Å²) in [5, 5.41) is 3.50. The van der Waals surface area contributed by atoms with Gasteiger partial charge in [0.15, 0.2) is 0 Å². The van der Waals surface area contributed by atoms with Crippen molar-refractivity contribution in [3.05, 3.63) is 0 Å². The number of piperazine rings is 1. The zero-order valence-electron chi connectivity index (χ0n) is 12.2. The largest absolute Gasteiger partial charge is 0.376 e. The van der Waals surface area contributed by atoms with Gasteiger partial charge in [0.25, 0.3) is 0 Å². The highest BCUT2D eigenvalue weighted by Crippen LogP contribution is 2.54. The Morgan fingerprint density at radius 1 is 1.05 bits per heavy atom. The van der Waals surface area contributed by atoms with Crippen molar-refractivity contribution in [3.63, 3.8) is 0 Å². The third-order valence-corrected chi connectivity index (χ3v) is 6.27. The maximum atomic E-state index is 6.45. The Morgan fingerprint density at radius 3 is 2.37 bits per heavy atom. The molecule has 19 heavy (non-hydrogen) atoms. The van der Waals surface area contributed by atoms with Crippen LogP contribution in [0.5, 0.6) is 0 Å². The summed E-state index contributed by atoms with van der Waals surface area (Å²) in [6.07, 6.45) is 8.01. The molecule has 5 fully saturated rings. The summed E-state index contributed by atoms with van der Waals surface area (Å²) >= 11 is 0. The van der Waals surface area contributed by atoms with Crippen molar-refractivity contribution >= 4 is 0 Å². The molecule has 4 bridgehead atoms. The van der Waals surface area contributed by atoms with Gasteiger partial charge in [-0.15, -0.1) is 0 Å². The minimum atomic E-state index is 0.589. The van der Waals surface area contributed by atoms with Crippen LogP contribution in [0.3, 0.4) is 0 Å². The first kappa shape index (κ1) is 12.6. The monoisotopic (exact) mass is 264 g/mol. The summed E-state index contributed by atoms with van der Waals surface area (Å²) in [6.45, 7) is 4.33. The third-order valence-electron chi connectivity index (χ3n) is 6.27. The zero-order chi connectivity index (χ0) is 12.8. The van der Waals surface area contributed by atoms with E-state index >= 15 is 0 Å². The molecule has 1 unspecified atom stereocenters. The summed E-state index contributed by atoms with van der Waals surface area (Å²) in [5.74, 6) is 3.92. The maximum absolute atomic E-state index is 6.45. The highest BCUT2D eigenvalue weighted by Gasteiger charge is 2.48. The summed E-state index contributed by atoms with van der Waals surface area (Å²) in [6, 6.07) is 0.589. The van der Waals surface area contributed by atoms with Gasteiger partial charge in [0.2, 0.25) is 0 Å². The van der Waals surface area contributed by atoms with Crippen LogP contribution in [0, 0.1) is 23.7 Å². The van der Waals surface area contributed by atoms with Crippen molar-refractivity contribution in [3.8, 4) is 0 Å². The average molecular weight is 264 g/mol. The van der Waals surface area contributed by atoms with Gasteiger partial charge in [-0.1, -0.05) is 0 Å². The summed E-state index contributed by atoms with van der Waals surface area (Å²) in [5.41, 5.74) is 0. The molecule has 4 aliphatic carbocycles. The van der Waals surface area contributed by atoms with Crippen molar-refractivity contribution in [1.29, 1.82) is 0 Å². The lowest BCUT2D eigenvalue weighted by molar-refractivity contribution is -0.135. The number of ether oxygens (including phenoxy) is 1. The molecule has 0 aromatic rings. The fraction of sp³-hybridized carbons (Fsp3) is 1.00. The van der Waals surface area contributed by atoms with Gasteiger partial charge in [-0.05, 0) is 62.8 Å². The van der Waals surface area contributed by atoms with Crippen molar-refractivity contribution < 1.29 is 4.74 Å². The van der Waals surface area contributed by atoms with Crippen molar-refractivity contribution in [2.45, 2.75) is 44.2 Å². The zero-order valence-corrected chi connectivity index (χ0v) is 12.2. The lowest BCUT2D eigenvalue weighted by Gasteiger charge is -2.54. The smallest absolute Gasteiger partial charge is 0.0638 e. The van der Waals surface area contributed by atoms with E-state index in [0.717, 1.165) is 49.9 Å². The van der Waals surface area contributed by atoms with E-state index in [-0.39, 0.29) is 0 Å². The minimum Gasteiger partial charge on any atom is -0.376 e. The van der Waals surface area contributed by atoms with Crippen molar-refractivity contribution in [2.75, 3.05) is 33.3 Å². The van der Waals surface area contributed by atoms with Gasteiger partial charge >= 0.3 is 0 Å². The second kappa shape index (κ2) is 5.01.